The highest BCUT2D eigenvalue weighted by Crippen LogP contribution is 2.32. The lowest BCUT2D eigenvalue weighted by Crippen LogP contribution is -2.35. The van der Waals surface area contributed by atoms with Crippen LogP contribution in [-0.2, 0) is 6.54 Å². The van der Waals surface area contributed by atoms with E-state index in [1.54, 1.807) is 0 Å². The zero-order chi connectivity index (χ0) is 13.9. The van der Waals surface area contributed by atoms with Crippen LogP contribution in [0.15, 0.2) is 6.33 Å². The number of hydrogen-bond acceptors (Lipinski definition) is 3. The summed E-state index contributed by atoms with van der Waals surface area (Å²) in [5.74, 6) is 1.84. The van der Waals surface area contributed by atoms with Crippen LogP contribution >= 0.6 is 0 Å². The molecule has 108 valence electrons. The fraction of sp³-hybridized carbons (Fsp3) is 0.867. The molecule has 4 nitrogen and oxygen atoms in total. The Balaban J connectivity index is 1.87. The van der Waals surface area contributed by atoms with E-state index < -0.39 is 0 Å². The molecule has 1 aliphatic carbocycles. The summed E-state index contributed by atoms with van der Waals surface area (Å²) < 4.78 is 2.09. The van der Waals surface area contributed by atoms with Gasteiger partial charge >= 0.3 is 0 Å². The molecule has 0 bridgehead atoms. The van der Waals surface area contributed by atoms with Crippen LogP contribution < -0.4 is 5.32 Å². The second-order valence-electron chi connectivity index (χ2n) is 6.83. The maximum atomic E-state index is 4.63. The van der Waals surface area contributed by atoms with Gasteiger partial charge in [-0.1, -0.05) is 13.3 Å². The molecule has 1 fully saturated rings. The van der Waals surface area contributed by atoms with Crippen LogP contribution in [0.4, 0.5) is 0 Å². The van der Waals surface area contributed by atoms with E-state index in [2.05, 4.69) is 47.8 Å². The van der Waals surface area contributed by atoms with Crippen LogP contribution in [0.5, 0.6) is 0 Å². The Bertz CT molecular complexity index is 383. The Hall–Kier alpha value is -0.900. The van der Waals surface area contributed by atoms with Gasteiger partial charge in [0.05, 0.1) is 12.6 Å². The zero-order valence-corrected chi connectivity index (χ0v) is 12.8. The van der Waals surface area contributed by atoms with Crippen LogP contribution in [0.25, 0.3) is 0 Å². The third kappa shape index (κ3) is 4.30. The highest BCUT2D eigenvalue weighted by molar-refractivity contribution is 4.86. The zero-order valence-electron chi connectivity index (χ0n) is 12.8. The van der Waals surface area contributed by atoms with Crippen LogP contribution in [-0.4, -0.2) is 20.3 Å². The van der Waals surface area contributed by atoms with Gasteiger partial charge in [0.1, 0.15) is 6.33 Å². The molecule has 0 radical (unpaired) electrons. The fourth-order valence-corrected chi connectivity index (χ4v) is 2.73. The summed E-state index contributed by atoms with van der Waals surface area (Å²) in [6, 6.07) is 0.568. The van der Waals surface area contributed by atoms with Crippen molar-refractivity contribution in [2.24, 2.45) is 5.92 Å². The first-order chi connectivity index (χ1) is 8.98. The first kappa shape index (κ1) is 14.5. The Labute approximate surface area is 117 Å². The molecular weight excluding hydrogens is 236 g/mol. The summed E-state index contributed by atoms with van der Waals surface area (Å²) in [5.41, 5.74) is 0.116. The van der Waals surface area contributed by atoms with E-state index in [4.69, 9.17) is 0 Å². The van der Waals surface area contributed by atoms with Gasteiger partial charge in [0.25, 0.3) is 0 Å². The Kier molecular flexibility index (Phi) is 4.61. The quantitative estimate of drug-likeness (QED) is 0.907. The number of nitrogens with zero attached hydrogens (tertiary/aromatic N) is 3. The molecule has 2 rings (SSSR count). The molecular formula is C15H28N4. The van der Waals surface area contributed by atoms with E-state index in [1.165, 1.54) is 32.1 Å². The maximum absolute atomic E-state index is 4.63. The fourth-order valence-electron chi connectivity index (χ4n) is 2.73. The molecule has 4 heteroatoms. The Morgan fingerprint density at radius 1 is 1.26 bits per heavy atom. The Morgan fingerprint density at radius 3 is 2.53 bits per heavy atom. The van der Waals surface area contributed by atoms with Crippen molar-refractivity contribution in [2.45, 2.75) is 77.9 Å². The lowest BCUT2D eigenvalue weighted by atomic mass is 9.85. The molecule has 1 saturated carbocycles. The van der Waals surface area contributed by atoms with Gasteiger partial charge in [0.15, 0.2) is 5.82 Å². The summed E-state index contributed by atoms with van der Waals surface area (Å²) >= 11 is 0. The van der Waals surface area contributed by atoms with Gasteiger partial charge in [-0.25, -0.2) is 9.67 Å². The average molecular weight is 264 g/mol. The van der Waals surface area contributed by atoms with Gasteiger partial charge in [-0.3, -0.25) is 0 Å². The summed E-state index contributed by atoms with van der Waals surface area (Å²) in [4.78, 5) is 4.42. The molecule has 0 saturated heterocycles. The molecule has 1 aliphatic rings. The molecule has 1 N–H and O–H groups in total. The van der Waals surface area contributed by atoms with Crippen molar-refractivity contribution in [2.75, 3.05) is 0 Å². The predicted octanol–water partition coefficient (Wildman–Crippen LogP) is 3.31. The van der Waals surface area contributed by atoms with Crippen LogP contribution in [0.2, 0.25) is 0 Å². The minimum Gasteiger partial charge on any atom is -0.305 e. The monoisotopic (exact) mass is 264 g/mol. The van der Waals surface area contributed by atoms with Gasteiger partial charge in [-0.15, -0.1) is 0 Å². The molecule has 0 atom stereocenters. The largest absolute Gasteiger partial charge is 0.305 e. The minimum atomic E-state index is 0.116. The molecule has 0 unspecified atom stereocenters. The third-order valence-corrected chi connectivity index (χ3v) is 4.10. The highest BCUT2D eigenvalue weighted by Gasteiger charge is 2.22. The number of nitrogens with one attached hydrogen (secondary N) is 1. The smallest absolute Gasteiger partial charge is 0.164 e. The first-order valence-corrected chi connectivity index (χ1v) is 7.63. The van der Waals surface area contributed by atoms with E-state index >= 15 is 0 Å². The predicted molar refractivity (Wildman–Crippen MR) is 77.9 cm³/mol. The van der Waals surface area contributed by atoms with Crippen LogP contribution in [0.3, 0.4) is 0 Å². The van der Waals surface area contributed by atoms with Gasteiger partial charge in [0.2, 0.25) is 0 Å². The summed E-state index contributed by atoms with van der Waals surface area (Å²) in [7, 11) is 0. The van der Waals surface area contributed by atoms with E-state index in [9.17, 15) is 0 Å². The van der Waals surface area contributed by atoms with E-state index in [-0.39, 0.29) is 5.54 Å². The van der Waals surface area contributed by atoms with E-state index in [0.717, 1.165) is 18.3 Å². The SMILES string of the molecule is CCC1CCC(n2cnc(CNC(C)(C)C)n2)CC1. The van der Waals surface area contributed by atoms with Crippen molar-refractivity contribution in [3.05, 3.63) is 12.2 Å². The summed E-state index contributed by atoms with van der Waals surface area (Å²) in [6.45, 7) is 9.54. The number of aromatic nitrogens is 3. The standard InChI is InChI=1S/C15H28N4/c1-5-12-6-8-13(9-7-12)19-11-16-14(18-19)10-17-15(2,3)4/h11-13,17H,5-10H2,1-4H3. The maximum Gasteiger partial charge on any atom is 0.164 e. The van der Waals surface area contributed by atoms with Crippen LogP contribution in [0, 0.1) is 5.92 Å². The van der Waals surface area contributed by atoms with Crippen molar-refractivity contribution >= 4 is 0 Å². The Morgan fingerprint density at radius 2 is 1.95 bits per heavy atom. The molecule has 0 spiro atoms. The number of rotatable bonds is 4. The molecule has 0 aromatic carbocycles. The minimum absolute atomic E-state index is 0.116. The number of hydrogen-bond donors (Lipinski definition) is 1. The first-order valence-electron chi connectivity index (χ1n) is 7.63. The van der Waals surface area contributed by atoms with Crippen LogP contribution in [0.1, 0.15) is 71.7 Å². The van der Waals surface area contributed by atoms with E-state index in [0.29, 0.717) is 6.04 Å². The second-order valence-corrected chi connectivity index (χ2v) is 6.83. The molecule has 0 aliphatic heterocycles. The van der Waals surface area contributed by atoms with Gasteiger partial charge < -0.3 is 5.32 Å². The van der Waals surface area contributed by atoms with Crippen molar-refractivity contribution in [1.29, 1.82) is 0 Å². The van der Waals surface area contributed by atoms with Crippen molar-refractivity contribution in [3.63, 3.8) is 0 Å². The van der Waals surface area contributed by atoms with Crippen molar-refractivity contribution < 1.29 is 0 Å². The lowest BCUT2D eigenvalue weighted by molar-refractivity contribution is 0.255. The van der Waals surface area contributed by atoms with Crippen molar-refractivity contribution in [1.82, 2.24) is 20.1 Å². The lowest BCUT2D eigenvalue weighted by Gasteiger charge is -2.27. The summed E-state index contributed by atoms with van der Waals surface area (Å²) in [5, 5.41) is 8.06. The molecule has 19 heavy (non-hydrogen) atoms. The molecule has 0 amide bonds. The van der Waals surface area contributed by atoms with E-state index in [1.807, 2.05) is 6.33 Å². The molecule has 1 aromatic rings. The van der Waals surface area contributed by atoms with Gasteiger partial charge in [-0.05, 0) is 52.4 Å². The van der Waals surface area contributed by atoms with Gasteiger partial charge in [-0.2, -0.15) is 5.10 Å². The van der Waals surface area contributed by atoms with Crippen molar-refractivity contribution in [3.8, 4) is 0 Å². The average Bonchev–Trinajstić information content (AvgIpc) is 2.84. The summed E-state index contributed by atoms with van der Waals surface area (Å²) in [6.07, 6.45) is 8.44. The third-order valence-electron chi connectivity index (χ3n) is 4.10. The topological polar surface area (TPSA) is 42.7 Å². The molecule has 1 aromatic heterocycles. The normalized spacial score (nSPS) is 24.6. The molecule has 1 heterocycles. The highest BCUT2D eigenvalue weighted by atomic mass is 15.3. The van der Waals surface area contributed by atoms with Gasteiger partial charge in [0, 0.05) is 5.54 Å². The second kappa shape index (κ2) is 6.04.